The van der Waals surface area contributed by atoms with Gasteiger partial charge in [-0.2, -0.15) is 0 Å². The number of carbonyl (C=O) groups excluding carboxylic acids is 1. The monoisotopic (exact) mass is 253 g/mol. The molecule has 0 unspecified atom stereocenters. The van der Waals surface area contributed by atoms with Crippen LogP contribution in [0.5, 0.6) is 0 Å². The van der Waals surface area contributed by atoms with E-state index in [-0.39, 0.29) is 11.3 Å². The summed E-state index contributed by atoms with van der Waals surface area (Å²) in [6.45, 7) is 5.33. The quantitative estimate of drug-likeness (QED) is 0.813. The molecule has 0 aromatic heterocycles. The normalized spacial score (nSPS) is 10.9. The van der Waals surface area contributed by atoms with Gasteiger partial charge in [0.2, 0.25) is 5.91 Å². The van der Waals surface area contributed by atoms with Crippen molar-refractivity contribution >= 4 is 15.9 Å². The van der Waals surface area contributed by atoms with Crippen molar-refractivity contribution in [1.82, 2.24) is 4.72 Å². The number of sulfonamides is 1. The third-order valence-electron chi connectivity index (χ3n) is 2.16. The molecule has 1 amide bonds. The largest absolute Gasteiger partial charge is 0.274 e. The minimum Gasteiger partial charge on any atom is -0.274 e. The van der Waals surface area contributed by atoms with E-state index in [1.165, 1.54) is 12.1 Å². The van der Waals surface area contributed by atoms with Crippen molar-refractivity contribution in [1.29, 1.82) is 0 Å². The smallest absolute Gasteiger partial charge is 0.264 e. The van der Waals surface area contributed by atoms with Crippen molar-refractivity contribution in [2.45, 2.75) is 24.7 Å². The highest BCUT2D eigenvalue weighted by Gasteiger charge is 2.16. The van der Waals surface area contributed by atoms with Crippen molar-refractivity contribution in [2.75, 3.05) is 0 Å². The van der Waals surface area contributed by atoms with Crippen LogP contribution in [0.3, 0.4) is 0 Å². The third kappa shape index (κ3) is 4.03. The fraction of sp³-hybridized carbons (Fsp3) is 0.250. The molecule has 4 nitrogen and oxygen atoms in total. The highest BCUT2D eigenvalue weighted by molar-refractivity contribution is 7.90. The van der Waals surface area contributed by atoms with Crippen LogP contribution < -0.4 is 4.72 Å². The van der Waals surface area contributed by atoms with E-state index >= 15 is 0 Å². The van der Waals surface area contributed by atoms with Crippen LogP contribution in [0, 0.1) is 6.92 Å². The number of hydrogen-bond donors (Lipinski definition) is 1. The highest BCUT2D eigenvalue weighted by Crippen LogP contribution is 2.10. The van der Waals surface area contributed by atoms with E-state index in [9.17, 15) is 13.2 Å². The van der Waals surface area contributed by atoms with Gasteiger partial charge in [0.05, 0.1) is 4.90 Å². The lowest BCUT2D eigenvalue weighted by Crippen LogP contribution is -2.30. The van der Waals surface area contributed by atoms with Gasteiger partial charge in [0.25, 0.3) is 10.0 Å². The van der Waals surface area contributed by atoms with Crippen LogP contribution >= 0.6 is 0 Å². The molecule has 0 aliphatic heterocycles. The van der Waals surface area contributed by atoms with Gasteiger partial charge >= 0.3 is 0 Å². The lowest BCUT2D eigenvalue weighted by atomic mass is 10.2. The minimum absolute atomic E-state index is 0.0926. The standard InChI is InChI=1S/C12H15NO3S/c1-3-4-5-12(14)13-17(15,16)11-8-6-10(2)7-9-11/h3,6-9H,1,4-5H2,2H3,(H,13,14). The first kappa shape index (κ1) is 13.4. The molecule has 92 valence electrons. The van der Waals surface area contributed by atoms with Gasteiger partial charge in [0.1, 0.15) is 0 Å². The van der Waals surface area contributed by atoms with Gasteiger partial charge in [-0.05, 0) is 25.5 Å². The molecule has 0 bridgehead atoms. The Bertz CT molecular complexity index is 503. The van der Waals surface area contributed by atoms with Crippen LogP contribution in [-0.4, -0.2) is 14.3 Å². The van der Waals surface area contributed by atoms with Crippen molar-refractivity contribution in [2.24, 2.45) is 0 Å². The second-order valence-electron chi connectivity index (χ2n) is 3.67. The number of rotatable bonds is 5. The van der Waals surface area contributed by atoms with E-state index < -0.39 is 15.9 Å². The van der Waals surface area contributed by atoms with Gasteiger partial charge in [-0.15, -0.1) is 6.58 Å². The van der Waals surface area contributed by atoms with Gasteiger partial charge in [0, 0.05) is 6.42 Å². The van der Waals surface area contributed by atoms with Crippen LogP contribution in [0.2, 0.25) is 0 Å². The van der Waals surface area contributed by atoms with E-state index in [0.29, 0.717) is 6.42 Å². The predicted molar refractivity (Wildman–Crippen MR) is 65.9 cm³/mol. The molecule has 1 aromatic carbocycles. The average molecular weight is 253 g/mol. The zero-order valence-corrected chi connectivity index (χ0v) is 10.5. The molecule has 0 saturated heterocycles. The van der Waals surface area contributed by atoms with Crippen molar-refractivity contribution in [3.05, 3.63) is 42.5 Å². The van der Waals surface area contributed by atoms with Gasteiger partial charge < -0.3 is 0 Å². The summed E-state index contributed by atoms with van der Waals surface area (Å²) in [6, 6.07) is 6.31. The Balaban J connectivity index is 2.78. The minimum atomic E-state index is -3.74. The molecular weight excluding hydrogens is 238 g/mol. The van der Waals surface area contributed by atoms with Crippen molar-refractivity contribution < 1.29 is 13.2 Å². The second-order valence-corrected chi connectivity index (χ2v) is 5.35. The molecule has 1 N–H and O–H groups in total. The number of nitrogens with one attached hydrogen (secondary N) is 1. The molecule has 0 spiro atoms. The Kier molecular flexibility index (Phi) is 4.45. The molecule has 0 aliphatic carbocycles. The van der Waals surface area contributed by atoms with Crippen LogP contribution in [0.1, 0.15) is 18.4 Å². The Labute approximate surface area is 101 Å². The Morgan fingerprint density at radius 1 is 1.35 bits per heavy atom. The van der Waals surface area contributed by atoms with Crippen LogP contribution in [0.25, 0.3) is 0 Å². The SMILES string of the molecule is C=CCCC(=O)NS(=O)(=O)c1ccc(C)cc1. The zero-order valence-electron chi connectivity index (χ0n) is 9.64. The summed E-state index contributed by atoms with van der Waals surface area (Å²) < 4.78 is 25.5. The molecule has 0 heterocycles. The first-order valence-electron chi connectivity index (χ1n) is 5.19. The summed E-state index contributed by atoms with van der Waals surface area (Å²) in [6.07, 6.45) is 2.14. The van der Waals surface area contributed by atoms with Crippen LogP contribution in [0.15, 0.2) is 41.8 Å². The Morgan fingerprint density at radius 2 is 1.94 bits per heavy atom. The maximum atomic E-state index is 11.8. The summed E-state index contributed by atoms with van der Waals surface area (Å²) in [5.41, 5.74) is 0.960. The van der Waals surface area contributed by atoms with Crippen molar-refractivity contribution in [3.63, 3.8) is 0 Å². The molecule has 1 rings (SSSR count). The number of benzene rings is 1. The molecule has 0 saturated carbocycles. The number of carbonyl (C=O) groups is 1. The maximum Gasteiger partial charge on any atom is 0.264 e. The first-order valence-corrected chi connectivity index (χ1v) is 6.67. The van der Waals surface area contributed by atoms with Crippen molar-refractivity contribution in [3.8, 4) is 0 Å². The van der Waals surface area contributed by atoms with E-state index in [2.05, 4.69) is 6.58 Å². The van der Waals surface area contributed by atoms with Gasteiger partial charge in [-0.3, -0.25) is 4.79 Å². The Morgan fingerprint density at radius 3 is 2.47 bits per heavy atom. The molecule has 17 heavy (non-hydrogen) atoms. The van der Waals surface area contributed by atoms with Gasteiger partial charge in [-0.25, -0.2) is 13.1 Å². The zero-order chi connectivity index (χ0) is 12.9. The Hall–Kier alpha value is -1.62. The van der Waals surface area contributed by atoms with Crippen LogP contribution in [0.4, 0.5) is 0 Å². The lowest BCUT2D eigenvalue weighted by molar-refractivity contribution is -0.119. The van der Waals surface area contributed by atoms with E-state index in [0.717, 1.165) is 5.56 Å². The fourth-order valence-electron chi connectivity index (χ4n) is 1.21. The predicted octanol–water partition coefficient (Wildman–Crippen LogP) is 1.77. The van der Waals surface area contributed by atoms with E-state index in [1.54, 1.807) is 18.2 Å². The van der Waals surface area contributed by atoms with Gasteiger partial charge in [0.15, 0.2) is 0 Å². The maximum absolute atomic E-state index is 11.8. The fourth-order valence-corrected chi connectivity index (χ4v) is 2.22. The summed E-state index contributed by atoms with van der Waals surface area (Å²) in [5.74, 6) is -0.523. The molecule has 0 aliphatic rings. The molecule has 0 atom stereocenters. The number of amides is 1. The topological polar surface area (TPSA) is 63.2 Å². The first-order chi connectivity index (χ1) is 7.95. The average Bonchev–Trinajstić information content (AvgIpc) is 2.26. The molecule has 5 heteroatoms. The number of allylic oxidation sites excluding steroid dienone is 1. The molecule has 0 radical (unpaired) electrons. The lowest BCUT2D eigenvalue weighted by Gasteiger charge is -2.06. The summed E-state index contributed by atoms with van der Waals surface area (Å²) in [5, 5.41) is 0. The molecular formula is C12H15NO3S. The summed E-state index contributed by atoms with van der Waals surface area (Å²) in [4.78, 5) is 11.4. The molecule has 1 aromatic rings. The number of aryl methyl sites for hydroxylation is 1. The second kappa shape index (κ2) is 5.63. The number of hydrogen-bond acceptors (Lipinski definition) is 3. The van der Waals surface area contributed by atoms with E-state index in [1.807, 2.05) is 11.6 Å². The molecule has 0 fully saturated rings. The summed E-state index contributed by atoms with van der Waals surface area (Å²) in [7, 11) is -3.74. The van der Waals surface area contributed by atoms with E-state index in [4.69, 9.17) is 0 Å². The van der Waals surface area contributed by atoms with Crippen LogP contribution in [-0.2, 0) is 14.8 Å². The third-order valence-corrected chi connectivity index (χ3v) is 3.54. The summed E-state index contributed by atoms with van der Waals surface area (Å²) >= 11 is 0. The van der Waals surface area contributed by atoms with Gasteiger partial charge in [-0.1, -0.05) is 23.8 Å². The highest BCUT2D eigenvalue weighted by atomic mass is 32.2.